The van der Waals surface area contributed by atoms with E-state index in [9.17, 15) is 72.2 Å². The van der Waals surface area contributed by atoms with E-state index in [-0.39, 0.29) is 63.5 Å². The van der Waals surface area contributed by atoms with Gasteiger partial charge in [-0.1, -0.05) is 94.9 Å². The molecule has 0 saturated carbocycles. The maximum absolute atomic E-state index is 14.4. The molecule has 0 unspecified atom stereocenters. The average molecular weight is 1270 g/mol. The lowest BCUT2D eigenvalue weighted by Crippen LogP contribution is -2.61. The van der Waals surface area contributed by atoms with Gasteiger partial charge in [0.1, 0.15) is 54.4 Å². The van der Waals surface area contributed by atoms with E-state index in [0.717, 1.165) is 0 Å². The van der Waals surface area contributed by atoms with Crippen molar-refractivity contribution in [3.63, 3.8) is 0 Å². The van der Waals surface area contributed by atoms with Crippen molar-refractivity contribution in [2.75, 3.05) is 19.6 Å². The van der Waals surface area contributed by atoms with E-state index in [1.165, 1.54) is 0 Å². The normalized spacial score (nSPS) is 15.9. The first-order valence-electron chi connectivity index (χ1n) is 31.0. The number of rotatable bonds is 47. The fourth-order valence-corrected chi connectivity index (χ4v) is 8.97. The maximum atomic E-state index is 14.4. The zero-order valence-corrected chi connectivity index (χ0v) is 53.7. The van der Waals surface area contributed by atoms with Crippen LogP contribution < -0.4 is 87.6 Å². The van der Waals surface area contributed by atoms with Crippen LogP contribution in [0.5, 0.6) is 0 Å². The highest BCUT2D eigenvalue weighted by atomic mass is 16.4. The Kier molecular flexibility index (Phi) is 39.5. The molecule has 0 aromatic carbocycles. The minimum atomic E-state index is -1.82. The van der Waals surface area contributed by atoms with Crippen LogP contribution >= 0.6 is 0 Å². The standard InChI is InChI=1S/C58H106N16O15/c1-11-31(7)45(64)55(85)69-38(22-24-42(62)76)50(80)68-37(21-23-41(61)75)51(81)71-40(28-43(63)77)54(84)70-39(27-30(5)6)53(83)67-35(19-15-17-25-59)49(79)66-36(20-16-18-26-60)52(82)73-46(32(8)12-2)56(86)65-29-44(78)72-47(33(9)13-3)57(87)74-48(58(88)89)34(10)14-4/h30-40,45-48H,11-29,59-60,64H2,1-10H3,(H2,61,75)(H2,62,76)(H2,63,77)(H,65,86)(H,66,79)(H,67,83)(H,68,80)(H,69,85)(H,70,84)(H,71,81)(H,72,78)(H,73,82)(H,74,87)(H,88,89)/t31-,32-,33-,34-,35-,36-,37-,38-,39-,40-,45-,46-,47-,48-/m0/s1. The number of nitrogens with one attached hydrogen (secondary N) is 10. The van der Waals surface area contributed by atoms with Gasteiger partial charge in [0.15, 0.2) is 0 Å². The van der Waals surface area contributed by atoms with E-state index >= 15 is 0 Å². The number of aliphatic carboxylic acids is 1. The fourth-order valence-electron chi connectivity index (χ4n) is 8.97. The van der Waals surface area contributed by atoms with Gasteiger partial charge in [-0.2, -0.15) is 0 Å². The van der Waals surface area contributed by atoms with Crippen molar-refractivity contribution in [3.8, 4) is 0 Å². The zero-order chi connectivity index (χ0) is 68.2. The summed E-state index contributed by atoms with van der Waals surface area (Å²) >= 11 is 0. The van der Waals surface area contributed by atoms with Gasteiger partial charge in [-0.3, -0.25) is 62.3 Å². The van der Waals surface area contributed by atoms with Crippen LogP contribution in [0.25, 0.3) is 0 Å². The van der Waals surface area contributed by atoms with Crippen LogP contribution in [0.1, 0.15) is 172 Å². The topological polar surface area (TPSA) is 536 Å². The minimum Gasteiger partial charge on any atom is -0.480 e. The third-order valence-electron chi connectivity index (χ3n) is 15.5. The molecule has 0 radical (unpaired) electrons. The molecule has 0 bridgehead atoms. The number of carbonyl (C=O) groups excluding carboxylic acids is 13. The lowest BCUT2D eigenvalue weighted by Gasteiger charge is -2.29. The zero-order valence-electron chi connectivity index (χ0n) is 53.7. The Balaban J connectivity index is 6.89. The van der Waals surface area contributed by atoms with Gasteiger partial charge in [0, 0.05) is 12.8 Å². The Labute approximate surface area is 522 Å². The Morgan fingerprint density at radius 2 is 0.730 bits per heavy atom. The smallest absolute Gasteiger partial charge is 0.326 e. The molecule has 508 valence electrons. The maximum Gasteiger partial charge on any atom is 0.326 e. The number of primary amides is 3. The van der Waals surface area contributed by atoms with Gasteiger partial charge < -0.3 is 92.7 Å². The lowest BCUT2D eigenvalue weighted by molar-refractivity contribution is -0.144. The Bertz CT molecular complexity index is 2360. The summed E-state index contributed by atoms with van der Waals surface area (Å²) in [4.78, 5) is 187. The van der Waals surface area contributed by atoms with Crippen LogP contribution in [0.15, 0.2) is 0 Å². The molecular formula is C58H106N16O15. The molecule has 0 fully saturated rings. The predicted octanol–water partition coefficient (Wildman–Crippen LogP) is -3.23. The van der Waals surface area contributed by atoms with Crippen LogP contribution in [-0.2, 0) is 67.1 Å². The van der Waals surface area contributed by atoms with Gasteiger partial charge in [-0.25, -0.2) is 4.79 Å². The van der Waals surface area contributed by atoms with Gasteiger partial charge in [0.25, 0.3) is 0 Å². The van der Waals surface area contributed by atoms with E-state index in [4.69, 9.17) is 34.4 Å². The summed E-state index contributed by atoms with van der Waals surface area (Å²) in [6.07, 6.45) is 0.586. The second-order valence-corrected chi connectivity index (χ2v) is 23.4. The molecule has 0 aromatic rings. The summed E-state index contributed by atoms with van der Waals surface area (Å²) in [7, 11) is 0. The van der Waals surface area contributed by atoms with Crippen molar-refractivity contribution >= 4 is 82.8 Å². The van der Waals surface area contributed by atoms with Crippen molar-refractivity contribution in [2.45, 2.75) is 232 Å². The van der Waals surface area contributed by atoms with E-state index < -0.39 is 187 Å². The molecule has 0 saturated heterocycles. The number of hydrogen-bond acceptors (Lipinski definition) is 17. The molecule has 0 aliphatic heterocycles. The van der Waals surface area contributed by atoms with Gasteiger partial charge in [-0.15, -0.1) is 0 Å². The lowest BCUT2D eigenvalue weighted by atomic mass is 9.95. The molecule has 31 nitrogen and oxygen atoms in total. The molecule has 13 amide bonds. The van der Waals surface area contributed by atoms with Gasteiger partial charge >= 0.3 is 5.97 Å². The second kappa shape index (κ2) is 43.2. The second-order valence-electron chi connectivity index (χ2n) is 23.4. The largest absolute Gasteiger partial charge is 0.480 e. The molecule has 14 atom stereocenters. The average Bonchev–Trinajstić information content (AvgIpc) is 2.91. The molecule has 89 heavy (non-hydrogen) atoms. The number of unbranched alkanes of at least 4 members (excludes halogenated alkanes) is 2. The summed E-state index contributed by atoms with van der Waals surface area (Å²) in [6.45, 7) is 17.1. The van der Waals surface area contributed by atoms with Crippen LogP contribution in [0, 0.1) is 29.6 Å². The van der Waals surface area contributed by atoms with Crippen molar-refractivity contribution in [3.05, 3.63) is 0 Å². The third-order valence-corrected chi connectivity index (χ3v) is 15.5. The number of nitrogens with two attached hydrogens (primary N) is 6. The Morgan fingerprint density at radius 3 is 1.12 bits per heavy atom. The predicted molar refractivity (Wildman–Crippen MR) is 330 cm³/mol. The monoisotopic (exact) mass is 1270 g/mol. The van der Waals surface area contributed by atoms with Crippen molar-refractivity contribution < 1.29 is 72.2 Å². The molecule has 0 aliphatic carbocycles. The van der Waals surface area contributed by atoms with Crippen molar-refractivity contribution in [1.82, 2.24) is 53.2 Å². The van der Waals surface area contributed by atoms with Crippen LogP contribution in [0.4, 0.5) is 0 Å². The van der Waals surface area contributed by atoms with E-state index in [0.29, 0.717) is 44.9 Å². The first kappa shape index (κ1) is 81.5. The first-order valence-corrected chi connectivity index (χ1v) is 31.0. The van der Waals surface area contributed by atoms with E-state index in [1.807, 2.05) is 0 Å². The molecule has 0 aliphatic rings. The Morgan fingerprint density at radius 1 is 0.382 bits per heavy atom. The molecule has 0 aromatic heterocycles. The number of amides is 13. The third kappa shape index (κ3) is 31.5. The number of hydrogen-bond donors (Lipinski definition) is 17. The van der Waals surface area contributed by atoms with Gasteiger partial charge in [0.2, 0.25) is 76.8 Å². The van der Waals surface area contributed by atoms with Crippen molar-refractivity contribution in [2.24, 2.45) is 64.0 Å². The fraction of sp³-hybridized carbons (Fsp3) is 0.759. The van der Waals surface area contributed by atoms with Crippen LogP contribution in [0.2, 0.25) is 0 Å². The molecule has 0 rings (SSSR count). The highest BCUT2D eigenvalue weighted by Crippen LogP contribution is 2.16. The highest BCUT2D eigenvalue weighted by molar-refractivity contribution is 6.00. The summed E-state index contributed by atoms with van der Waals surface area (Å²) in [5, 5.41) is 35.2. The molecule has 0 heterocycles. The number of carbonyl (C=O) groups is 14. The van der Waals surface area contributed by atoms with Gasteiger partial charge in [0.05, 0.1) is 19.0 Å². The first-order chi connectivity index (χ1) is 41.7. The highest BCUT2D eigenvalue weighted by Gasteiger charge is 2.37. The molecule has 31 heteroatoms. The summed E-state index contributed by atoms with van der Waals surface area (Å²) in [5.41, 5.74) is 33.9. The summed E-state index contributed by atoms with van der Waals surface area (Å²) in [5.74, 6) is -14.9. The van der Waals surface area contributed by atoms with Crippen LogP contribution in [0.3, 0.4) is 0 Å². The Hall–Kier alpha value is -7.54. The summed E-state index contributed by atoms with van der Waals surface area (Å²) in [6, 6.07) is -13.8. The number of carboxylic acids is 1. The SMILES string of the molecule is CC[C@H](C)[C@H](N)C(=O)N[C@@H](CCC(N)=O)C(=O)N[C@@H](CCC(N)=O)C(=O)N[C@@H](CC(N)=O)C(=O)N[C@@H](CC(C)C)C(=O)N[C@@H](CCCCN)C(=O)N[C@@H](CCCCN)C(=O)N[C@H](C(=O)NCC(=O)N[C@H](C(=O)N[C@H](C(=O)O)[C@@H](C)CC)[C@@H](C)CC)[C@@H](C)CC. The van der Waals surface area contributed by atoms with Crippen molar-refractivity contribution in [1.29, 1.82) is 0 Å². The molecular weight excluding hydrogens is 1160 g/mol. The minimum absolute atomic E-state index is 0.0138. The molecule has 23 N–H and O–H groups in total. The quantitative estimate of drug-likeness (QED) is 0.0266. The van der Waals surface area contributed by atoms with Crippen LogP contribution in [-0.4, -0.2) is 168 Å². The van der Waals surface area contributed by atoms with E-state index in [2.05, 4.69) is 53.2 Å². The van der Waals surface area contributed by atoms with E-state index in [1.54, 1.807) is 69.2 Å². The summed E-state index contributed by atoms with van der Waals surface area (Å²) < 4.78 is 0. The molecule has 0 spiro atoms. The van der Waals surface area contributed by atoms with Gasteiger partial charge in [-0.05, 0) is 100 Å². The number of carboxylic acid groups (broad SMARTS) is 1.